The molecule has 0 unspecified atom stereocenters. The van der Waals surface area contributed by atoms with Crippen molar-refractivity contribution < 1.29 is 4.74 Å². The van der Waals surface area contributed by atoms with E-state index in [1.807, 2.05) is 81.1 Å². The molecule has 0 aliphatic rings. The third-order valence-electron chi connectivity index (χ3n) is 4.71. The van der Waals surface area contributed by atoms with E-state index in [0.717, 1.165) is 44.9 Å². The first-order chi connectivity index (χ1) is 14.2. The monoisotopic (exact) mass is 384 g/mol. The van der Waals surface area contributed by atoms with Gasteiger partial charge >= 0.3 is 0 Å². The van der Waals surface area contributed by atoms with Crippen molar-refractivity contribution in [3.63, 3.8) is 0 Å². The van der Waals surface area contributed by atoms with Crippen molar-refractivity contribution in [1.82, 2.24) is 19.9 Å². The molecule has 0 fully saturated rings. The van der Waals surface area contributed by atoms with E-state index in [2.05, 4.69) is 30.2 Å². The van der Waals surface area contributed by atoms with Crippen LogP contribution < -0.4 is 15.0 Å². The minimum Gasteiger partial charge on any atom is -0.457 e. The molecule has 0 radical (unpaired) electrons. The number of H-pyrrole nitrogens is 2. The fraction of sp³-hybridized carbons (Fsp3) is 0.0909. The Morgan fingerprint density at radius 2 is 1.86 bits per heavy atom. The molecule has 3 N–H and O–H groups in total. The number of hydrogen-bond donors (Lipinski definition) is 3. The van der Waals surface area contributed by atoms with Gasteiger partial charge in [0.05, 0.1) is 27.9 Å². The number of aromatic amines is 2. The topological polar surface area (TPSA) is 81.9 Å². The van der Waals surface area contributed by atoms with Crippen LogP contribution in [0.15, 0.2) is 67.0 Å². The fourth-order valence-corrected chi connectivity index (χ4v) is 3.34. The Morgan fingerprint density at radius 3 is 2.69 bits per heavy atom. The lowest BCUT2D eigenvalue weighted by atomic mass is 10.3. The summed E-state index contributed by atoms with van der Waals surface area (Å²) >= 11 is 0. The second-order valence-electron chi connectivity index (χ2n) is 6.95. The summed E-state index contributed by atoms with van der Waals surface area (Å²) in [6, 6.07) is 17.5. The molecular formula is C22H20N6O. The first-order valence-corrected chi connectivity index (χ1v) is 9.30. The van der Waals surface area contributed by atoms with Gasteiger partial charge in [0.1, 0.15) is 17.0 Å². The lowest BCUT2D eigenvalue weighted by molar-refractivity contribution is 0.483. The number of nitrogens with zero attached hydrogens (tertiary/aromatic N) is 3. The SMILES string of the molecule is CN(C)c1ccnc2c(Nc3nc4ccc(Oc5ccccc5)cc4[nH]3)c[nH]c12. The van der Waals surface area contributed by atoms with Gasteiger partial charge in [0.15, 0.2) is 0 Å². The molecule has 144 valence electrons. The summed E-state index contributed by atoms with van der Waals surface area (Å²) in [6.45, 7) is 0. The lowest BCUT2D eigenvalue weighted by Crippen LogP contribution is -2.09. The molecule has 5 rings (SSSR count). The Kier molecular flexibility index (Phi) is 4.05. The van der Waals surface area contributed by atoms with E-state index in [4.69, 9.17) is 4.74 Å². The van der Waals surface area contributed by atoms with Crippen molar-refractivity contribution in [1.29, 1.82) is 0 Å². The zero-order chi connectivity index (χ0) is 19.8. The molecule has 3 aromatic heterocycles. The molecule has 3 heterocycles. The van der Waals surface area contributed by atoms with Gasteiger partial charge in [-0.2, -0.15) is 0 Å². The number of aromatic nitrogens is 4. The van der Waals surface area contributed by atoms with Crippen molar-refractivity contribution in [3.8, 4) is 11.5 Å². The smallest absolute Gasteiger partial charge is 0.205 e. The predicted octanol–water partition coefficient (Wildman–Crippen LogP) is 5.04. The van der Waals surface area contributed by atoms with Gasteiger partial charge < -0.3 is 24.9 Å². The van der Waals surface area contributed by atoms with Gasteiger partial charge in [-0.25, -0.2) is 4.98 Å². The van der Waals surface area contributed by atoms with Gasteiger partial charge in [-0.05, 0) is 30.3 Å². The van der Waals surface area contributed by atoms with Crippen LogP contribution in [0, 0.1) is 0 Å². The van der Waals surface area contributed by atoms with Crippen LogP contribution in [0.5, 0.6) is 11.5 Å². The average molecular weight is 384 g/mol. The molecule has 29 heavy (non-hydrogen) atoms. The third kappa shape index (κ3) is 3.23. The van der Waals surface area contributed by atoms with Crippen LogP contribution >= 0.6 is 0 Å². The van der Waals surface area contributed by atoms with E-state index in [1.165, 1.54) is 0 Å². The first-order valence-electron chi connectivity index (χ1n) is 9.30. The van der Waals surface area contributed by atoms with Crippen molar-refractivity contribution in [3.05, 3.63) is 67.0 Å². The number of anilines is 3. The van der Waals surface area contributed by atoms with Crippen molar-refractivity contribution in [2.75, 3.05) is 24.3 Å². The van der Waals surface area contributed by atoms with Crippen LogP contribution in [0.3, 0.4) is 0 Å². The highest BCUT2D eigenvalue weighted by molar-refractivity contribution is 5.97. The predicted molar refractivity (Wildman–Crippen MR) is 116 cm³/mol. The number of fused-ring (bicyclic) bond motifs is 2. The van der Waals surface area contributed by atoms with E-state index < -0.39 is 0 Å². The number of imidazole rings is 1. The molecule has 0 atom stereocenters. The molecule has 0 bridgehead atoms. The number of hydrogen-bond acceptors (Lipinski definition) is 5. The van der Waals surface area contributed by atoms with Gasteiger partial charge in [0.2, 0.25) is 5.95 Å². The van der Waals surface area contributed by atoms with Crippen molar-refractivity contribution in [2.24, 2.45) is 0 Å². The molecule has 7 nitrogen and oxygen atoms in total. The molecular weight excluding hydrogens is 364 g/mol. The van der Waals surface area contributed by atoms with Crippen LogP contribution in [0.2, 0.25) is 0 Å². The van der Waals surface area contributed by atoms with E-state index in [0.29, 0.717) is 5.95 Å². The van der Waals surface area contributed by atoms with Gasteiger partial charge in [-0.15, -0.1) is 0 Å². The van der Waals surface area contributed by atoms with E-state index >= 15 is 0 Å². The fourth-order valence-electron chi connectivity index (χ4n) is 3.34. The average Bonchev–Trinajstić information content (AvgIpc) is 3.32. The van der Waals surface area contributed by atoms with E-state index in [9.17, 15) is 0 Å². The molecule has 7 heteroatoms. The highest BCUT2D eigenvalue weighted by atomic mass is 16.5. The van der Waals surface area contributed by atoms with Crippen molar-refractivity contribution in [2.45, 2.75) is 0 Å². The summed E-state index contributed by atoms with van der Waals surface area (Å²) in [5, 5.41) is 3.33. The highest BCUT2D eigenvalue weighted by Gasteiger charge is 2.12. The number of pyridine rings is 1. The standard InChI is InChI=1S/C22H20N6O/c1-28(2)19-10-11-23-20-18(13-24-21(19)20)27-22-25-16-9-8-15(12-17(16)26-22)29-14-6-4-3-5-7-14/h3-13,24H,1-2H3,(H2,25,26,27). The Hall–Kier alpha value is -4.00. The van der Waals surface area contributed by atoms with Crippen molar-refractivity contribution >= 4 is 39.4 Å². The van der Waals surface area contributed by atoms with Crippen LogP contribution in [0.1, 0.15) is 0 Å². The maximum absolute atomic E-state index is 5.91. The zero-order valence-electron chi connectivity index (χ0n) is 16.1. The number of benzene rings is 2. The Morgan fingerprint density at radius 1 is 1.00 bits per heavy atom. The molecule has 0 saturated heterocycles. The molecule has 0 aliphatic carbocycles. The van der Waals surface area contributed by atoms with Gasteiger partial charge in [0, 0.05) is 32.6 Å². The summed E-state index contributed by atoms with van der Waals surface area (Å²) < 4.78 is 5.91. The Labute approximate surface area is 167 Å². The second kappa shape index (κ2) is 6.87. The molecule has 5 aromatic rings. The molecule has 0 spiro atoms. The maximum atomic E-state index is 5.91. The summed E-state index contributed by atoms with van der Waals surface area (Å²) in [5.74, 6) is 2.20. The summed E-state index contributed by atoms with van der Waals surface area (Å²) in [4.78, 5) is 17.8. The maximum Gasteiger partial charge on any atom is 0.205 e. The Balaban J connectivity index is 1.44. The first kappa shape index (κ1) is 17.1. The molecule has 0 amide bonds. The Bertz CT molecular complexity index is 1290. The number of ether oxygens (including phenoxy) is 1. The summed E-state index contributed by atoms with van der Waals surface area (Å²) in [7, 11) is 4.02. The molecule has 0 aliphatic heterocycles. The number of nitrogens with one attached hydrogen (secondary N) is 3. The molecule has 0 saturated carbocycles. The van der Waals surface area contributed by atoms with Gasteiger partial charge in [-0.1, -0.05) is 18.2 Å². The summed E-state index contributed by atoms with van der Waals surface area (Å²) in [5.41, 5.74) is 5.54. The van der Waals surface area contributed by atoms with Gasteiger partial charge in [0.25, 0.3) is 0 Å². The number of para-hydroxylation sites is 1. The minimum absolute atomic E-state index is 0.648. The van der Waals surface area contributed by atoms with Crippen LogP contribution in [-0.2, 0) is 0 Å². The van der Waals surface area contributed by atoms with Crippen LogP contribution in [0.25, 0.3) is 22.1 Å². The minimum atomic E-state index is 0.648. The van der Waals surface area contributed by atoms with E-state index in [1.54, 1.807) is 0 Å². The lowest BCUT2D eigenvalue weighted by Gasteiger charge is -2.12. The zero-order valence-corrected chi connectivity index (χ0v) is 16.1. The van der Waals surface area contributed by atoms with Crippen LogP contribution in [-0.4, -0.2) is 34.0 Å². The second-order valence-corrected chi connectivity index (χ2v) is 6.95. The van der Waals surface area contributed by atoms with Gasteiger partial charge in [-0.3, -0.25) is 4.98 Å². The molecule has 2 aromatic carbocycles. The summed E-state index contributed by atoms with van der Waals surface area (Å²) in [6.07, 6.45) is 3.71. The largest absolute Gasteiger partial charge is 0.457 e. The number of rotatable bonds is 5. The quantitative estimate of drug-likeness (QED) is 0.395. The highest BCUT2D eigenvalue weighted by Crippen LogP contribution is 2.31. The third-order valence-corrected chi connectivity index (χ3v) is 4.71. The van der Waals surface area contributed by atoms with E-state index in [-0.39, 0.29) is 0 Å². The van der Waals surface area contributed by atoms with Crippen LogP contribution in [0.4, 0.5) is 17.3 Å². The normalized spacial score (nSPS) is 11.1.